The zero-order chi connectivity index (χ0) is 6.41. The Labute approximate surface area is 46.9 Å². The van der Waals surface area contributed by atoms with Crippen molar-refractivity contribution in [2.45, 2.75) is 0 Å². The molecule has 0 bridgehead atoms. The summed E-state index contributed by atoms with van der Waals surface area (Å²) in [5.41, 5.74) is 6.77. The van der Waals surface area contributed by atoms with Crippen molar-refractivity contribution < 1.29 is 9.53 Å². The van der Waals surface area contributed by atoms with Crippen molar-refractivity contribution in [3.8, 4) is 0 Å². The highest BCUT2D eigenvalue weighted by atomic mass is 16.5. The number of hydrogen-bond donors (Lipinski definition) is 3. The van der Waals surface area contributed by atoms with Crippen molar-refractivity contribution >= 4 is 6.09 Å². The molecule has 0 unspecified atom stereocenters. The lowest BCUT2D eigenvalue weighted by atomic mass is 10.7. The molecule has 0 atom stereocenters. The summed E-state index contributed by atoms with van der Waals surface area (Å²) < 4.78 is 4.34. The lowest BCUT2D eigenvalue weighted by Gasteiger charge is -1.98. The number of hydrogen-bond acceptors (Lipinski definition) is 4. The third-order valence-corrected chi connectivity index (χ3v) is 0.469. The second-order valence-corrected chi connectivity index (χ2v) is 1.07. The Bertz CT molecular complexity index is 74.9. The SMILES string of the molecule is NCCOC(=O)NN. The third-order valence-electron chi connectivity index (χ3n) is 0.469. The molecule has 8 heavy (non-hydrogen) atoms. The number of carbonyl (C=O) groups is 1. The summed E-state index contributed by atoms with van der Waals surface area (Å²) >= 11 is 0. The van der Waals surface area contributed by atoms with Gasteiger partial charge in [-0.2, -0.15) is 0 Å². The van der Waals surface area contributed by atoms with Crippen molar-refractivity contribution in [1.29, 1.82) is 0 Å². The standard InChI is InChI=1S/C3H9N3O2/c4-1-2-8-3(7)6-5/h1-2,4-5H2,(H,6,7). The van der Waals surface area contributed by atoms with Crippen molar-refractivity contribution in [3.63, 3.8) is 0 Å². The van der Waals surface area contributed by atoms with Crippen LogP contribution >= 0.6 is 0 Å². The monoisotopic (exact) mass is 119 g/mol. The zero-order valence-electron chi connectivity index (χ0n) is 4.39. The largest absolute Gasteiger partial charge is 0.447 e. The van der Waals surface area contributed by atoms with E-state index in [2.05, 4.69) is 10.6 Å². The Morgan fingerprint density at radius 3 is 2.75 bits per heavy atom. The molecule has 0 aromatic heterocycles. The maximum absolute atomic E-state index is 10.1. The van der Waals surface area contributed by atoms with Gasteiger partial charge in [0.15, 0.2) is 0 Å². The Kier molecular flexibility index (Phi) is 3.91. The van der Waals surface area contributed by atoms with E-state index in [4.69, 9.17) is 5.73 Å². The van der Waals surface area contributed by atoms with E-state index in [-0.39, 0.29) is 6.61 Å². The van der Waals surface area contributed by atoms with E-state index >= 15 is 0 Å². The topological polar surface area (TPSA) is 90.4 Å². The summed E-state index contributed by atoms with van der Waals surface area (Å²) in [5, 5.41) is 0. The molecular weight excluding hydrogens is 110 g/mol. The number of nitrogens with one attached hydrogen (secondary N) is 1. The molecule has 0 aliphatic rings. The van der Waals surface area contributed by atoms with Gasteiger partial charge in [-0.05, 0) is 0 Å². The second kappa shape index (κ2) is 4.35. The van der Waals surface area contributed by atoms with Crippen molar-refractivity contribution in [2.75, 3.05) is 13.2 Å². The van der Waals surface area contributed by atoms with Gasteiger partial charge < -0.3 is 10.5 Å². The van der Waals surface area contributed by atoms with E-state index in [0.717, 1.165) is 0 Å². The minimum Gasteiger partial charge on any atom is -0.447 e. The van der Waals surface area contributed by atoms with Crippen LogP contribution in [0.25, 0.3) is 0 Å². The quantitative estimate of drug-likeness (QED) is 0.235. The number of hydrazine groups is 1. The molecule has 0 aromatic rings. The number of carbonyl (C=O) groups excluding carboxylic acids is 1. The molecule has 5 heteroatoms. The molecule has 0 aliphatic heterocycles. The first-order chi connectivity index (χ1) is 3.81. The van der Waals surface area contributed by atoms with Gasteiger partial charge in [0.05, 0.1) is 0 Å². The Morgan fingerprint density at radius 2 is 2.38 bits per heavy atom. The average molecular weight is 119 g/mol. The van der Waals surface area contributed by atoms with E-state index in [1.165, 1.54) is 0 Å². The van der Waals surface area contributed by atoms with Gasteiger partial charge in [-0.1, -0.05) is 0 Å². The molecule has 0 saturated carbocycles. The van der Waals surface area contributed by atoms with E-state index in [0.29, 0.717) is 6.54 Å². The minimum absolute atomic E-state index is 0.197. The highest BCUT2D eigenvalue weighted by Crippen LogP contribution is 1.69. The predicted molar refractivity (Wildman–Crippen MR) is 27.7 cm³/mol. The fourth-order valence-electron chi connectivity index (χ4n) is 0.193. The first kappa shape index (κ1) is 7.19. The van der Waals surface area contributed by atoms with Crippen LogP contribution in [0.1, 0.15) is 0 Å². The molecule has 0 heterocycles. The van der Waals surface area contributed by atoms with Crippen LogP contribution in [0.4, 0.5) is 4.79 Å². The first-order valence-electron chi connectivity index (χ1n) is 2.14. The summed E-state index contributed by atoms with van der Waals surface area (Å²) in [4.78, 5) is 10.1. The lowest BCUT2D eigenvalue weighted by Crippen LogP contribution is -2.31. The zero-order valence-corrected chi connectivity index (χ0v) is 4.39. The molecule has 0 aliphatic carbocycles. The predicted octanol–water partition coefficient (Wildman–Crippen LogP) is -1.45. The molecule has 0 fully saturated rings. The maximum Gasteiger partial charge on any atom is 0.421 e. The van der Waals surface area contributed by atoms with Crippen LogP contribution in [0.5, 0.6) is 0 Å². The van der Waals surface area contributed by atoms with Gasteiger partial charge in [-0.3, -0.25) is 5.43 Å². The van der Waals surface area contributed by atoms with Gasteiger partial charge in [-0.15, -0.1) is 0 Å². The smallest absolute Gasteiger partial charge is 0.421 e. The molecule has 0 rings (SSSR count). The fraction of sp³-hybridized carbons (Fsp3) is 0.667. The summed E-state index contributed by atoms with van der Waals surface area (Å²) in [5.74, 6) is 4.65. The molecule has 0 aromatic carbocycles. The maximum atomic E-state index is 10.1. The number of amides is 1. The van der Waals surface area contributed by atoms with E-state index < -0.39 is 6.09 Å². The molecule has 1 amide bonds. The van der Waals surface area contributed by atoms with Crippen LogP contribution in [0.2, 0.25) is 0 Å². The van der Waals surface area contributed by atoms with E-state index in [9.17, 15) is 4.79 Å². The normalized spacial score (nSPS) is 8.25. The average Bonchev–Trinajstić information content (AvgIpc) is 1.83. The molecule has 5 N–H and O–H groups in total. The summed E-state index contributed by atoms with van der Waals surface area (Å²) in [6, 6.07) is 0. The van der Waals surface area contributed by atoms with E-state index in [1.54, 1.807) is 5.43 Å². The van der Waals surface area contributed by atoms with Crippen molar-refractivity contribution in [1.82, 2.24) is 5.43 Å². The van der Waals surface area contributed by atoms with Crippen LogP contribution in [0, 0.1) is 0 Å². The van der Waals surface area contributed by atoms with Gasteiger partial charge in [0, 0.05) is 6.54 Å². The molecule has 0 spiro atoms. The second-order valence-electron chi connectivity index (χ2n) is 1.07. The van der Waals surface area contributed by atoms with E-state index in [1.807, 2.05) is 0 Å². The molecule has 0 radical (unpaired) electrons. The molecule has 5 nitrogen and oxygen atoms in total. The van der Waals surface area contributed by atoms with Gasteiger partial charge in [0.2, 0.25) is 0 Å². The summed E-state index contributed by atoms with van der Waals surface area (Å²) in [6.07, 6.45) is -0.657. The van der Waals surface area contributed by atoms with Crippen molar-refractivity contribution in [3.05, 3.63) is 0 Å². The van der Waals surface area contributed by atoms with Crippen LogP contribution in [-0.2, 0) is 4.74 Å². The molecule has 0 saturated heterocycles. The van der Waals surface area contributed by atoms with Gasteiger partial charge in [0.1, 0.15) is 6.61 Å². The molecule has 48 valence electrons. The Morgan fingerprint density at radius 1 is 1.75 bits per heavy atom. The number of rotatable bonds is 2. The minimum atomic E-state index is -0.657. The summed E-state index contributed by atoms with van der Waals surface area (Å²) in [7, 11) is 0. The van der Waals surface area contributed by atoms with Gasteiger partial charge in [-0.25, -0.2) is 10.6 Å². The van der Waals surface area contributed by atoms with Crippen LogP contribution < -0.4 is 17.0 Å². The highest BCUT2D eigenvalue weighted by molar-refractivity contribution is 5.66. The van der Waals surface area contributed by atoms with Gasteiger partial charge in [0.25, 0.3) is 0 Å². The highest BCUT2D eigenvalue weighted by Gasteiger charge is 1.92. The lowest BCUT2D eigenvalue weighted by molar-refractivity contribution is 0.149. The van der Waals surface area contributed by atoms with Crippen molar-refractivity contribution in [2.24, 2.45) is 11.6 Å². The molecular formula is C3H9N3O2. The fourth-order valence-corrected chi connectivity index (χ4v) is 0.193. The van der Waals surface area contributed by atoms with Gasteiger partial charge >= 0.3 is 6.09 Å². The van der Waals surface area contributed by atoms with Crippen LogP contribution in [-0.4, -0.2) is 19.2 Å². The Balaban J connectivity index is 2.99. The van der Waals surface area contributed by atoms with Crippen LogP contribution in [0.15, 0.2) is 0 Å². The first-order valence-corrected chi connectivity index (χ1v) is 2.14. The summed E-state index contributed by atoms with van der Waals surface area (Å²) in [6.45, 7) is 0.510. The van der Waals surface area contributed by atoms with Crippen LogP contribution in [0.3, 0.4) is 0 Å². The number of ether oxygens (including phenoxy) is 1. The Hall–Kier alpha value is -0.810. The third kappa shape index (κ3) is 3.38. The number of nitrogens with two attached hydrogens (primary N) is 2.